The Kier molecular flexibility index (Phi) is 10.4. The first kappa shape index (κ1) is 16.9. The molecule has 1 N–H and O–H groups in total. The SMILES string of the molecule is CCCC1CCCN(CCNCCCOCC)CC1. The molecule has 1 fully saturated rings. The molecule has 0 amide bonds. The van der Waals surface area contributed by atoms with Gasteiger partial charge in [0, 0.05) is 26.3 Å². The standard InChI is InChI=1S/C16H34N2O/c1-3-7-16-8-5-12-18(13-9-16)14-11-17-10-6-15-19-4-2/h16-17H,3-15H2,1-2H3. The van der Waals surface area contributed by atoms with Crippen LogP contribution in [0.25, 0.3) is 0 Å². The predicted molar refractivity (Wildman–Crippen MR) is 82.7 cm³/mol. The van der Waals surface area contributed by atoms with Crippen LogP contribution in [-0.4, -0.2) is 50.8 Å². The van der Waals surface area contributed by atoms with Crippen molar-refractivity contribution in [1.29, 1.82) is 0 Å². The minimum absolute atomic E-state index is 0.840. The maximum Gasteiger partial charge on any atom is 0.0477 e. The number of nitrogens with one attached hydrogen (secondary N) is 1. The van der Waals surface area contributed by atoms with Gasteiger partial charge in [0.05, 0.1) is 0 Å². The summed E-state index contributed by atoms with van der Waals surface area (Å²) in [5, 5.41) is 3.53. The Hall–Kier alpha value is -0.120. The Bertz CT molecular complexity index is 199. The van der Waals surface area contributed by atoms with E-state index in [1.165, 1.54) is 51.7 Å². The van der Waals surface area contributed by atoms with E-state index >= 15 is 0 Å². The molecule has 114 valence electrons. The molecule has 0 radical (unpaired) electrons. The van der Waals surface area contributed by atoms with Crippen LogP contribution in [0.2, 0.25) is 0 Å². The highest BCUT2D eigenvalue weighted by Crippen LogP contribution is 2.21. The molecule has 0 bridgehead atoms. The first-order valence-corrected chi connectivity index (χ1v) is 8.37. The second-order valence-electron chi connectivity index (χ2n) is 5.73. The molecule has 0 aromatic rings. The lowest BCUT2D eigenvalue weighted by atomic mass is 9.96. The van der Waals surface area contributed by atoms with Crippen molar-refractivity contribution in [3.63, 3.8) is 0 Å². The van der Waals surface area contributed by atoms with Crippen LogP contribution < -0.4 is 5.32 Å². The average Bonchev–Trinajstić information content (AvgIpc) is 2.64. The molecule has 1 heterocycles. The number of hydrogen-bond acceptors (Lipinski definition) is 3. The maximum atomic E-state index is 5.33. The highest BCUT2D eigenvalue weighted by molar-refractivity contribution is 4.70. The number of rotatable bonds is 10. The molecule has 1 atom stereocenters. The lowest BCUT2D eigenvalue weighted by Crippen LogP contribution is -2.33. The van der Waals surface area contributed by atoms with Crippen LogP contribution in [0.3, 0.4) is 0 Å². The van der Waals surface area contributed by atoms with Crippen molar-refractivity contribution in [2.75, 3.05) is 45.9 Å². The van der Waals surface area contributed by atoms with Gasteiger partial charge in [0.2, 0.25) is 0 Å². The molecule has 1 rings (SSSR count). The second kappa shape index (κ2) is 11.7. The molecule has 1 aliphatic rings. The topological polar surface area (TPSA) is 24.5 Å². The molecule has 3 heteroatoms. The van der Waals surface area contributed by atoms with Crippen LogP contribution in [-0.2, 0) is 4.74 Å². The van der Waals surface area contributed by atoms with Crippen LogP contribution in [0.4, 0.5) is 0 Å². The second-order valence-corrected chi connectivity index (χ2v) is 5.73. The molecule has 19 heavy (non-hydrogen) atoms. The normalized spacial score (nSPS) is 21.5. The van der Waals surface area contributed by atoms with Gasteiger partial charge in [-0.15, -0.1) is 0 Å². The van der Waals surface area contributed by atoms with E-state index in [2.05, 4.69) is 24.1 Å². The van der Waals surface area contributed by atoms with Crippen molar-refractivity contribution in [1.82, 2.24) is 10.2 Å². The summed E-state index contributed by atoms with van der Waals surface area (Å²) < 4.78 is 5.33. The van der Waals surface area contributed by atoms with Crippen LogP contribution >= 0.6 is 0 Å². The molecule has 3 nitrogen and oxygen atoms in total. The third-order valence-electron chi connectivity index (χ3n) is 4.09. The van der Waals surface area contributed by atoms with Gasteiger partial charge in [-0.05, 0) is 58.2 Å². The van der Waals surface area contributed by atoms with Gasteiger partial charge in [-0.1, -0.05) is 19.8 Å². The van der Waals surface area contributed by atoms with Gasteiger partial charge < -0.3 is 15.0 Å². The quantitative estimate of drug-likeness (QED) is 0.618. The zero-order valence-electron chi connectivity index (χ0n) is 13.1. The van der Waals surface area contributed by atoms with Gasteiger partial charge in [-0.25, -0.2) is 0 Å². The number of nitrogens with zero attached hydrogens (tertiary/aromatic N) is 1. The molecule has 0 saturated carbocycles. The molecular weight excluding hydrogens is 236 g/mol. The largest absolute Gasteiger partial charge is 0.382 e. The molecule has 1 saturated heterocycles. The fourth-order valence-corrected chi connectivity index (χ4v) is 2.95. The minimum atomic E-state index is 0.840. The van der Waals surface area contributed by atoms with Crippen LogP contribution in [0.1, 0.15) is 52.4 Å². The van der Waals surface area contributed by atoms with Gasteiger partial charge in [0.1, 0.15) is 0 Å². The summed E-state index contributed by atoms with van der Waals surface area (Å²) in [5.41, 5.74) is 0. The van der Waals surface area contributed by atoms with Crippen molar-refractivity contribution < 1.29 is 4.74 Å². The van der Waals surface area contributed by atoms with Gasteiger partial charge in [-0.3, -0.25) is 0 Å². The molecule has 0 spiro atoms. The van der Waals surface area contributed by atoms with E-state index in [1.807, 2.05) is 0 Å². The lowest BCUT2D eigenvalue weighted by molar-refractivity contribution is 0.144. The molecule has 1 unspecified atom stereocenters. The third kappa shape index (κ3) is 8.61. The average molecular weight is 270 g/mol. The van der Waals surface area contributed by atoms with Gasteiger partial charge >= 0.3 is 0 Å². The molecule has 1 aliphatic heterocycles. The highest BCUT2D eigenvalue weighted by Gasteiger charge is 2.15. The summed E-state index contributed by atoms with van der Waals surface area (Å²) in [6, 6.07) is 0. The summed E-state index contributed by atoms with van der Waals surface area (Å²) in [5.74, 6) is 0.995. The molecule has 0 aliphatic carbocycles. The number of likely N-dealkylation sites (tertiary alicyclic amines) is 1. The van der Waals surface area contributed by atoms with Crippen molar-refractivity contribution in [3.05, 3.63) is 0 Å². The molecule has 0 aromatic heterocycles. The Morgan fingerprint density at radius 3 is 2.84 bits per heavy atom. The van der Waals surface area contributed by atoms with Gasteiger partial charge in [0.25, 0.3) is 0 Å². The highest BCUT2D eigenvalue weighted by atomic mass is 16.5. The van der Waals surface area contributed by atoms with E-state index < -0.39 is 0 Å². The van der Waals surface area contributed by atoms with Gasteiger partial charge in [-0.2, -0.15) is 0 Å². The van der Waals surface area contributed by atoms with Crippen molar-refractivity contribution in [3.8, 4) is 0 Å². The van der Waals surface area contributed by atoms with Crippen molar-refractivity contribution >= 4 is 0 Å². The van der Waals surface area contributed by atoms with Crippen molar-refractivity contribution in [2.24, 2.45) is 5.92 Å². The predicted octanol–water partition coefficient (Wildman–Crippen LogP) is 2.90. The van der Waals surface area contributed by atoms with E-state index in [0.29, 0.717) is 0 Å². The van der Waals surface area contributed by atoms with E-state index in [9.17, 15) is 0 Å². The Labute approximate surface area is 120 Å². The summed E-state index contributed by atoms with van der Waals surface area (Å²) in [6.45, 7) is 12.2. The minimum Gasteiger partial charge on any atom is -0.382 e. The summed E-state index contributed by atoms with van der Waals surface area (Å²) in [7, 11) is 0. The Morgan fingerprint density at radius 2 is 2.05 bits per heavy atom. The summed E-state index contributed by atoms with van der Waals surface area (Å²) in [4.78, 5) is 2.64. The zero-order chi connectivity index (χ0) is 13.8. The summed E-state index contributed by atoms with van der Waals surface area (Å²) in [6.07, 6.45) is 8.18. The number of hydrogen-bond donors (Lipinski definition) is 1. The fraction of sp³-hybridized carbons (Fsp3) is 1.00. The van der Waals surface area contributed by atoms with Crippen LogP contribution in [0, 0.1) is 5.92 Å². The first-order chi connectivity index (χ1) is 9.36. The monoisotopic (exact) mass is 270 g/mol. The molecule has 0 aromatic carbocycles. The number of ether oxygens (including phenoxy) is 1. The van der Waals surface area contributed by atoms with E-state index in [-0.39, 0.29) is 0 Å². The third-order valence-corrected chi connectivity index (χ3v) is 4.09. The smallest absolute Gasteiger partial charge is 0.0477 e. The summed E-state index contributed by atoms with van der Waals surface area (Å²) >= 11 is 0. The van der Waals surface area contributed by atoms with Crippen LogP contribution in [0.15, 0.2) is 0 Å². The lowest BCUT2D eigenvalue weighted by Gasteiger charge is -2.20. The van der Waals surface area contributed by atoms with E-state index in [1.54, 1.807) is 0 Å². The fourth-order valence-electron chi connectivity index (χ4n) is 2.95. The Morgan fingerprint density at radius 1 is 1.16 bits per heavy atom. The zero-order valence-corrected chi connectivity index (χ0v) is 13.1. The molecular formula is C16H34N2O. The van der Waals surface area contributed by atoms with Crippen LogP contribution in [0.5, 0.6) is 0 Å². The first-order valence-electron chi connectivity index (χ1n) is 8.37. The van der Waals surface area contributed by atoms with E-state index in [0.717, 1.165) is 38.6 Å². The maximum absolute atomic E-state index is 5.33. The van der Waals surface area contributed by atoms with E-state index in [4.69, 9.17) is 4.74 Å². The van der Waals surface area contributed by atoms with Crippen molar-refractivity contribution in [2.45, 2.75) is 52.4 Å². The Balaban J connectivity index is 1.97. The van der Waals surface area contributed by atoms with Gasteiger partial charge in [0.15, 0.2) is 0 Å².